The van der Waals surface area contributed by atoms with Gasteiger partial charge in [0.15, 0.2) is 5.69 Å². The van der Waals surface area contributed by atoms with Gasteiger partial charge in [-0.05, 0) is 19.1 Å². The number of para-hydroxylation sites is 1. The average Bonchev–Trinajstić information content (AvgIpc) is 2.48. The van der Waals surface area contributed by atoms with Gasteiger partial charge in [0.25, 0.3) is 0 Å². The molecule has 4 nitrogen and oxygen atoms in total. The first-order chi connectivity index (χ1) is 9.70. The number of rotatable bonds is 1. The van der Waals surface area contributed by atoms with Crippen molar-refractivity contribution in [3.05, 3.63) is 53.1 Å². The number of fused-ring (bicyclic) bond motifs is 1. The summed E-state index contributed by atoms with van der Waals surface area (Å²) in [6.07, 6.45) is 1.39. The van der Waals surface area contributed by atoms with Gasteiger partial charge in [0, 0.05) is 16.5 Å². The van der Waals surface area contributed by atoms with Crippen molar-refractivity contribution in [1.82, 2.24) is 15.0 Å². The number of benzene rings is 1. The summed E-state index contributed by atoms with van der Waals surface area (Å²) in [5.41, 5.74) is 3.17. The quantitative estimate of drug-likeness (QED) is 0.640. The lowest BCUT2D eigenvalue weighted by atomic mass is 10.0. The van der Waals surface area contributed by atoms with E-state index in [0.29, 0.717) is 22.1 Å². The summed E-state index contributed by atoms with van der Waals surface area (Å²) in [4.78, 5) is 12.5. The zero-order chi connectivity index (χ0) is 14.1. The lowest BCUT2D eigenvalue weighted by molar-refractivity contribution is 1.13. The molecule has 20 heavy (non-hydrogen) atoms. The summed E-state index contributed by atoms with van der Waals surface area (Å²) in [6.45, 7) is 1.83. The van der Waals surface area contributed by atoms with Gasteiger partial charge in [-0.3, -0.25) is 0 Å². The van der Waals surface area contributed by atoms with Crippen LogP contribution in [-0.4, -0.2) is 15.0 Å². The summed E-state index contributed by atoms with van der Waals surface area (Å²) in [5.74, 6) is 0. The van der Waals surface area contributed by atoms with Crippen molar-refractivity contribution in [2.75, 3.05) is 0 Å². The van der Waals surface area contributed by atoms with Crippen LogP contribution in [0.5, 0.6) is 0 Å². The SMILES string of the molecule is Cc1c(Cl)ncnc1-c1cc2ccccc2nc1C#N. The normalized spacial score (nSPS) is 10.4. The van der Waals surface area contributed by atoms with Crippen LogP contribution >= 0.6 is 11.6 Å². The summed E-state index contributed by atoms with van der Waals surface area (Å²) in [6, 6.07) is 11.7. The van der Waals surface area contributed by atoms with E-state index in [4.69, 9.17) is 11.6 Å². The first-order valence-corrected chi connectivity index (χ1v) is 6.36. The first-order valence-electron chi connectivity index (χ1n) is 5.98. The Morgan fingerprint density at radius 3 is 2.80 bits per heavy atom. The molecule has 1 aromatic carbocycles. The first kappa shape index (κ1) is 12.5. The maximum atomic E-state index is 9.31. The highest BCUT2D eigenvalue weighted by atomic mass is 35.5. The van der Waals surface area contributed by atoms with Crippen molar-refractivity contribution in [2.24, 2.45) is 0 Å². The third-order valence-corrected chi connectivity index (χ3v) is 3.49. The number of aromatic nitrogens is 3. The fourth-order valence-corrected chi connectivity index (χ4v) is 2.22. The molecule has 3 rings (SSSR count). The zero-order valence-electron chi connectivity index (χ0n) is 10.6. The molecule has 0 bridgehead atoms. The number of pyridine rings is 1. The van der Waals surface area contributed by atoms with Crippen LogP contribution in [0.15, 0.2) is 36.7 Å². The monoisotopic (exact) mass is 280 g/mol. The predicted octanol–water partition coefficient (Wildman–Crippen LogP) is 3.53. The molecular formula is C15H9ClN4. The second kappa shape index (κ2) is 4.87. The van der Waals surface area contributed by atoms with Crippen molar-refractivity contribution >= 4 is 22.5 Å². The molecule has 0 saturated carbocycles. The second-order valence-electron chi connectivity index (χ2n) is 4.33. The van der Waals surface area contributed by atoms with Gasteiger partial charge in [0.05, 0.1) is 11.2 Å². The number of hydrogen-bond acceptors (Lipinski definition) is 4. The molecule has 0 amide bonds. The Hall–Kier alpha value is -2.51. The van der Waals surface area contributed by atoms with E-state index in [1.807, 2.05) is 37.3 Å². The van der Waals surface area contributed by atoms with Crippen molar-refractivity contribution < 1.29 is 0 Å². The second-order valence-corrected chi connectivity index (χ2v) is 4.69. The molecule has 0 aliphatic carbocycles. The van der Waals surface area contributed by atoms with Gasteiger partial charge in [-0.2, -0.15) is 5.26 Å². The smallest absolute Gasteiger partial charge is 0.150 e. The van der Waals surface area contributed by atoms with E-state index in [2.05, 4.69) is 21.0 Å². The minimum Gasteiger partial charge on any atom is -0.236 e. The van der Waals surface area contributed by atoms with E-state index in [1.165, 1.54) is 6.33 Å². The van der Waals surface area contributed by atoms with Crippen molar-refractivity contribution in [1.29, 1.82) is 5.26 Å². The molecule has 5 heteroatoms. The van der Waals surface area contributed by atoms with E-state index in [9.17, 15) is 5.26 Å². The molecule has 0 radical (unpaired) electrons. The fourth-order valence-electron chi connectivity index (χ4n) is 2.08. The van der Waals surface area contributed by atoms with Crippen LogP contribution in [0, 0.1) is 18.3 Å². The third kappa shape index (κ3) is 1.98. The van der Waals surface area contributed by atoms with Crippen molar-refractivity contribution in [3.63, 3.8) is 0 Å². The zero-order valence-corrected chi connectivity index (χ0v) is 11.4. The third-order valence-electron chi connectivity index (χ3n) is 3.11. The van der Waals surface area contributed by atoms with Crippen LogP contribution in [0.4, 0.5) is 0 Å². The topological polar surface area (TPSA) is 62.5 Å². The Morgan fingerprint density at radius 1 is 1.20 bits per heavy atom. The molecule has 0 aliphatic heterocycles. The molecule has 0 unspecified atom stereocenters. The molecule has 2 aromatic heterocycles. The molecule has 0 aliphatic rings. The highest BCUT2D eigenvalue weighted by Crippen LogP contribution is 2.29. The standard InChI is InChI=1S/C15H9ClN4/c1-9-14(18-8-19-15(9)16)11-6-10-4-2-3-5-12(10)20-13(11)7-17/h2-6,8H,1H3. The van der Waals surface area contributed by atoms with E-state index in [0.717, 1.165) is 16.5 Å². The van der Waals surface area contributed by atoms with Crippen LogP contribution in [-0.2, 0) is 0 Å². The number of nitriles is 1. The Bertz CT molecular complexity index is 852. The molecule has 0 fully saturated rings. The molecule has 96 valence electrons. The molecule has 2 heterocycles. The van der Waals surface area contributed by atoms with Crippen molar-refractivity contribution in [3.8, 4) is 17.3 Å². The van der Waals surface area contributed by atoms with Gasteiger partial charge in [0.1, 0.15) is 17.5 Å². The van der Waals surface area contributed by atoms with Gasteiger partial charge in [-0.15, -0.1) is 0 Å². The van der Waals surface area contributed by atoms with E-state index < -0.39 is 0 Å². The molecule has 0 spiro atoms. The number of nitrogens with zero attached hydrogens (tertiary/aromatic N) is 4. The molecular weight excluding hydrogens is 272 g/mol. The summed E-state index contributed by atoms with van der Waals surface area (Å²) in [7, 11) is 0. The van der Waals surface area contributed by atoms with Gasteiger partial charge in [-0.1, -0.05) is 29.8 Å². The van der Waals surface area contributed by atoms with Gasteiger partial charge in [0.2, 0.25) is 0 Å². The highest BCUT2D eigenvalue weighted by Gasteiger charge is 2.14. The molecule has 0 atom stereocenters. The fraction of sp³-hybridized carbons (Fsp3) is 0.0667. The lowest BCUT2D eigenvalue weighted by Gasteiger charge is -2.08. The minimum absolute atomic E-state index is 0.335. The van der Waals surface area contributed by atoms with E-state index in [-0.39, 0.29) is 0 Å². The average molecular weight is 281 g/mol. The Labute approximate surface area is 120 Å². The maximum Gasteiger partial charge on any atom is 0.150 e. The largest absolute Gasteiger partial charge is 0.236 e. The van der Waals surface area contributed by atoms with Gasteiger partial charge in [-0.25, -0.2) is 15.0 Å². The predicted molar refractivity (Wildman–Crippen MR) is 77.2 cm³/mol. The van der Waals surface area contributed by atoms with Crippen LogP contribution in [0.1, 0.15) is 11.3 Å². The molecule has 0 N–H and O–H groups in total. The summed E-state index contributed by atoms with van der Waals surface area (Å²) < 4.78 is 0. The Balaban J connectivity index is 2.35. The molecule has 0 saturated heterocycles. The number of halogens is 1. The van der Waals surface area contributed by atoms with Crippen LogP contribution in [0.3, 0.4) is 0 Å². The highest BCUT2D eigenvalue weighted by molar-refractivity contribution is 6.30. The van der Waals surface area contributed by atoms with E-state index >= 15 is 0 Å². The van der Waals surface area contributed by atoms with Gasteiger partial charge >= 0.3 is 0 Å². The van der Waals surface area contributed by atoms with Crippen LogP contribution in [0.25, 0.3) is 22.2 Å². The summed E-state index contributed by atoms with van der Waals surface area (Å²) >= 11 is 6.02. The maximum absolute atomic E-state index is 9.31. The molecule has 3 aromatic rings. The van der Waals surface area contributed by atoms with Gasteiger partial charge < -0.3 is 0 Å². The Morgan fingerprint density at radius 2 is 2.00 bits per heavy atom. The number of hydrogen-bond donors (Lipinski definition) is 0. The lowest BCUT2D eigenvalue weighted by Crippen LogP contribution is -1.96. The summed E-state index contributed by atoms with van der Waals surface area (Å²) in [5, 5.41) is 10.6. The van der Waals surface area contributed by atoms with Crippen LogP contribution in [0.2, 0.25) is 5.15 Å². The van der Waals surface area contributed by atoms with E-state index in [1.54, 1.807) is 0 Å². The van der Waals surface area contributed by atoms with Crippen molar-refractivity contribution in [2.45, 2.75) is 6.92 Å². The van der Waals surface area contributed by atoms with Crippen LogP contribution < -0.4 is 0 Å². The Kier molecular flexibility index (Phi) is 3.05. The minimum atomic E-state index is 0.335.